The molecule has 0 aliphatic carbocycles. The average Bonchev–Trinajstić information content (AvgIpc) is 3.16. The molecule has 3 rings (SSSR count). The molecule has 0 spiro atoms. The number of carbonyl (C=O) groups excluding carboxylic acids is 1. The first-order chi connectivity index (χ1) is 14.1. The van der Waals surface area contributed by atoms with Gasteiger partial charge in [-0.05, 0) is 42.3 Å². The van der Waals surface area contributed by atoms with E-state index in [1.807, 2.05) is 0 Å². The van der Waals surface area contributed by atoms with Crippen molar-refractivity contribution < 1.29 is 27.9 Å². The number of carbonyl (C=O) groups is 2. The molecule has 2 N–H and O–H groups in total. The van der Waals surface area contributed by atoms with Crippen molar-refractivity contribution in [2.24, 2.45) is 0 Å². The Kier molecular flexibility index (Phi) is 5.86. The second-order valence-corrected chi connectivity index (χ2v) is 6.62. The summed E-state index contributed by atoms with van der Waals surface area (Å²) < 4.78 is 39.2. The lowest BCUT2D eigenvalue weighted by molar-refractivity contribution is -0.137. The standard InChI is InChI=1S/C20H17F3N4O3/c1-12(14-4-6-15(7-5-14)19(29)30)24-18(28)17-11-27(26-25-17)10-13-2-8-16(9-3-13)20(21,22)23/h2-9,11-12H,10H2,1H3,(H,24,28)(H,29,30)/t12-/m0/s1. The van der Waals surface area contributed by atoms with Crippen LogP contribution in [-0.4, -0.2) is 32.0 Å². The van der Waals surface area contributed by atoms with Gasteiger partial charge in [-0.1, -0.05) is 29.5 Å². The molecule has 0 aliphatic heterocycles. The molecule has 30 heavy (non-hydrogen) atoms. The van der Waals surface area contributed by atoms with Crippen LogP contribution in [0.25, 0.3) is 0 Å². The normalized spacial score (nSPS) is 12.4. The predicted octanol–water partition coefficient (Wildman–Crippen LogP) is 3.53. The minimum atomic E-state index is -4.40. The summed E-state index contributed by atoms with van der Waals surface area (Å²) in [7, 11) is 0. The number of nitrogens with zero attached hydrogens (tertiary/aromatic N) is 3. The molecule has 0 saturated heterocycles. The number of rotatable bonds is 6. The maximum absolute atomic E-state index is 12.6. The number of aromatic carboxylic acids is 1. The smallest absolute Gasteiger partial charge is 0.416 e. The Hall–Kier alpha value is -3.69. The fraction of sp³-hybridized carbons (Fsp3) is 0.200. The van der Waals surface area contributed by atoms with Crippen LogP contribution in [0.2, 0.25) is 0 Å². The number of nitrogens with one attached hydrogen (secondary N) is 1. The van der Waals surface area contributed by atoms with Crippen LogP contribution in [0.15, 0.2) is 54.7 Å². The lowest BCUT2D eigenvalue weighted by Gasteiger charge is -2.13. The van der Waals surface area contributed by atoms with E-state index in [1.54, 1.807) is 19.1 Å². The third-order valence-electron chi connectivity index (χ3n) is 4.40. The zero-order valence-electron chi connectivity index (χ0n) is 15.7. The van der Waals surface area contributed by atoms with Gasteiger partial charge in [0.25, 0.3) is 5.91 Å². The molecule has 2 aromatic carbocycles. The van der Waals surface area contributed by atoms with Gasteiger partial charge in [0.1, 0.15) is 0 Å². The fourth-order valence-corrected chi connectivity index (χ4v) is 2.73. The molecule has 0 bridgehead atoms. The van der Waals surface area contributed by atoms with E-state index in [-0.39, 0.29) is 17.8 Å². The number of hydrogen-bond donors (Lipinski definition) is 2. The van der Waals surface area contributed by atoms with E-state index < -0.39 is 29.7 Å². The zero-order valence-corrected chi connectivity index (χ0v) is 15.7. The Morgan fingerprint density at radius 3 is 2.30 bits per heavy atom. The van der Waals surface area contributed by atoms with Gasteiger partial charge in [0.05, 0.1) is 29.9 Å². The van der Waals surface area contributed by atoms with Gasteiger partial charge in [0, 0.05) is 0 Å². The van der Waals surface area contributed by atoms with Crippen molar-refractivity contribution in [3.05, 3.63) is 82.7 Å². The first-order valence-corrected chi connectivity index (χ1v) is 8.84. The third-order valence-corrected chi connectivity index (χ3v) is 4.40. The van der Waals surface area contributed by atoms with Gasteiger partial charge < -0.3 is 10.4 Å². The minimum Gasteiger partial charge on any atom is -0.478 e. The van der Waals surface area contributed by atoms with E-state index in [1.165, 1.54) is 35.1 Å². The second kappa shape index (κ2) is 8.36. The molecular weight excluding hydrogens is 401 g/mol. The highest BCUT2D eigenvalue weighted by Crippen LogP contribution is 2.29. The van der Waals surface area contributed by atoms with Crippen molar-refractivity contribution in [2.45, 2.75) is 25.7 Å². The van der Waals surface area contributed by atoms with Crippen molar-refractivity contribution in [2.75, 3.05) is 0 Å². The van der Waals surface area contributed by atoms with Crippen LogP contribution < -0.4 is 5.32 Å². The van der Waals surface area contributed by atoms with E-state index in [0.717, 1.165) is 12.1 Å². The number of amides is 1. The summed E-state index contributed by atoms with van der Waals surface area (Å²) >= 11 is 0. The third kappa shape index (κ3) is 5.02. The van der Waals surface area contributed by atoms with Gasteiger partial charge in [0.15, 0.2) is 5.69 Å². The maximum atomic E-state index is 12.6. The summed E-state index contributed by atoms with van der Waals surface area (Å²) in [5, 5.41) is 19.3. The summed E-state index contributed by atoms with van der Waals surface area (Å²) in [5.74, 6) is -1.52. The second-order valence-electron chi connectivity index (χ2n) is 6.62. The Bertz CT molecular complexity index is 1040. The van der Waals surface area contributed by atoms with Crippen molar-refractivity contribution in [1.82, 2.24) is 20.3 Å². The molecule has 1 amide bonds. The summed E-state index contributed by atoms with van der Waals surface area (Å²) in [6.45, 7) is 1.89. The van der Waals surface area contributed by atoms with Gasteiger partial charge in [0.2, 0.25) is 0 Å². The van der Waals surface area contributed by atoms with Crippen LogP contribution in [0.1, 0.15) is 50.5 Å². The van der Waals surface area contributed by atoms with Crippen molar-refractivity contribution in [3.8, 4) is 0 Å². The predicted molar refractivity (Wildman–Crippen MR) is 99.9 cm³/mol. The molecule has 7 nitrogen and oxygen atoms in total. The Labute approximate surface area is 169 Å². The van der Waals surface area contributed by atoms with Gasteiger partial charge in [-0.25, -0.2) is 9.48 Å². The fourth-order valence-electron chi connectivity index (χ4n) is 2.73. The van der Waals surface area contributed by atoms with Gasteiger partial charge in [-0.15, -0.1) is 5.10 Å². The molecule has 1 atom stereocenters. The molecule has 3 aromatic rings. The monoisotopic (exact) mass is 418 g/mol. The molecular formula is C20H17F3N4O3. The van der Waals surface area contributed by atoms with E-state index >= 15 is 0 Å². The summed E-state index contributed by atoms with van der Waals surface area (Å²) in [6, 6.07) is 10.3. The molecule has 0 aliphatic rings. The number of aromatic nitrogens is 3. The minimum absolute atomic E-state index is 0.0518. The van der Waals surface area contributed by atoms with Crippen LogP contribution in [0.3, 0.4) is 0 Å². The first kappa shape index (κ1) is 21.0. The maximum Gasteiger partial charge on any atom is 0.416 e. The Balaban J connectivity index is 1.62. The molecule has 1 heterocycles. The Morgan fingerprint density at radius 2 is 1.73 bits per heavy atom. The van der Waals surface area contributed by atoms with Crippen molar-refractivity contribution >= 4 is 11.9 Å². The lowest BCUT2D eigenvalue weighted by Crippen LogP contribution is -2.27. The molecule has 156 valence electrons. The Morgan fingerprint density at radius 1 is 1.10 bits per heavy atom. The lowest BCUT2D eigenvalue weighted by atomic mass is 10.1. The highest BCUT2D eigenvalue weighted by molar-refractivity contribution is 5.92. The SMILES string of the molecule is C[C@H](NC(=O)c1cn(Cc2ccc(C(F)(F)F)cc2)nn1)c1ccc(C(=O)O)cc1. The van der Waals surface area contributed by atoms with E-state index in [2.05, 4.69) is 15.6 Å². The number of benzene rings is 2. The molecule has 0 unspecified atom stereocenters. The van der Waals surface area contributed by atoms with Crippen molar-refractivity contribution in [3.63, 3.8) is 0 Å². The van der Waals surface area contributed by atoms with Gasteiger partial charge >= 0.3 is 12.1 Å². The van der Waals surface area contributed by atoms with Crippen LogP contribution in [0, 0.1) is 0 Å². The molecule has 0 fully saturated rings. The van der Waals surface area contributed by atoms with Crippen LogP contribution in [0.4, 0.5) is 13.2 Å². The zero-order chi connectivity index (χ0) is 21.9. The van der Waals surface area contributed by atoms with Crippen LogP contribution in [-0.2, 0) is 12.7 Å². The summed E-state index contributed by atoms with van der Waals surface area (Å²) in [5.41, 5.74) is 0.743. The molecule has 0 radical (unpaired) electrons. The first-order valence-electron chi connectivity index (χ1n) is 8.84. The van der Waals surface area contributed by atoms with Gasteiger partial charge in [-0.3, -0.25) is 4.79 Å². The van der Waals surface area contributed by atoms with E-state index in [9.17, 15) is 22.8 Å². The average molecular weight is 418 g/mol. The number of carboxylic acids is 1. The number of alkyl halides is 3. The number of hydrogen-bond acceptors (Lipinski definition) is 4. The molecule has 10 heteroatoms. The van der Waals surface area contributed by atoms with Crippen LogP contribution in [0.5, 0.6) is 0 Å². The molecule has 0 saturated carbocycles. The number of halogens is 3. The quantitative estimate of drug-likeness (QED) is 0.638. The largest absolute Gasteiger partial charge is 0.478 e. The summed E-state index contributed by atoms with van der Waals surface area (Å²) in [4.78, 5) is 23.3. The highest BCUT2D eigenvalue weighted by Gasteiger charge is 2.29. The van der Waals surface area contributed by atoms with E-state index in [0.29, 0.717) is 11.1 Å². The van der Waals surface area contributed by atoms with Crippen molar-refractivity contribution in [1.29, 1.82) is 0 Å². The van der Waals surface area contributed by atoms with Gasteiger partial charge in [-0.2, -0.15) is 13.2 Å². The topological polar surface area (TPSA) is 97.1 Å². The van der Waals surface area contributed by atoms with Crippen LogP contribution >= 0.6 is 0 Å². The summed E-state index contributed by atoms with van der Waals surface area (Å²) in [6.07, 6.45) is -3.01. The highest BCUT2D eigenvalue weighted by atomic mass is 19.4. The number of carboxylic acid groups (broad SMARTS) is 1. The molecule has 1 aromatic heterocycles. The van der Waals surface area contributed by atoms with E-state index in [4.69, 9.17) is 5.11 Å².